The van der Waals surface area contributed by atoms with Crippen molar-refractivity contribution in [2.75, 3.05) is 7.11 Å². The number of fused-ring (bicyclic) bond motifs is 5. The van der Waals surface area contributed by atoms with Crippen molar-refractivity contribution in [3.63, 3.8) is 0 Å². The van der Waals surface area contributed by atoms with Gasteiger partial charge in [0.05, 0.1) is 12.8 Å². The van der Waals surface area contributed by atoms with Gasteiger partial charge in [0.1, 0.15) is 5.75 Å². The summed E-state index contributed by atoms with van der Waals surface area (Å²) in [5, 5.41) is 13.2. The number of nitrogens with zero attached hydrogens (tertiary/aromatic N) is 1. The predicted octanol–water partition coefficient (Wildman–Crippen LogP) is 4.58. The smallest absolute Gasteiger partial charge is 0.119 e. The van der Waals surface area contributed by atoms with Gasteiger partial charge in [0, 0.05) is 5.56 Å². The van der Waals surface area contributed by atoms with Gasteiger partial charge in [0.25, 0.3) is 0 Å². The largest absolute Gasteiger partial charge is 0.497 e. The lowest BCUT2D eigenvalue weighted by molar-refractivity contribution is 0.0712. The minimum absolute atomic E-state index is 0.520. The molecule has 22 heavy (non-hydrogen) atoms. The van der Waals surface area contributed by atoms with E-state index in [4.69, 9.17) is 4.74 Å². The molecule has 0 amide bonds. The molecule has 118 valence electrons. The molecule has 2 saturated carbocycles. The maximum absolute atomic E-state index is 9.54. The highest BCUT2D eigenvalue weighted by atomic mass is 16.5. The van der Waals surface area contributed by atoms with E-state index in [-0.39, 0.29) is 0 Å². The van der Waals surface area contributed by atoms with Gasteiger partial charge in [-0.25, -0.2) is 0 Å². The summed E-state index contributed by atoms with van der Waals surface area (Å²) in [4.78, 5) is 0. The highest BCUT2D eigenvalue weighted by molar-refractivity contribution is 6.03. The first-order valence-corrected chi connectivity index (χ1v) is 8.55. The van der Waals surface area contributed by atoms with Crippen molar-refractivity contribution >= 4 is 5.71 Å². The number of rotatable bonds is 1. The Hall–Kier alpha value is -1.51. The van der Waals surface area contributed by atoms with Crippen molar-refractivity contribution in [2.45, 2.75) is 51.4 Å². The quantitative estimate of drug-likeness (QED) is 0.609. The van der Waals surface area contributed by atoms with Crippen LogP contribution in [0.2, 0.25) is 0 Å². The van der Waals surface area contributed by atoms with E-state index in [0.717, 1.165) is 29.4 Å². The van der Waals surface area contributed by atoms with Crippen LogP contribution in [0, 0.1) is 17.3 Å². The van der Waals surface area contributed by atoms with E-state index in [9.17, 15) is 5.21 Å². The maximum atomic E-state index is 9.54. The number of hydrogen-bond donors (Lipinski definition) is 1. The van der Waals surface area contributed by atoms with Gasteiger partial charge in [-0.2, -0.15) is 0 Å². The van der Waals surface area contributed by atoms with Crippen LogP contribution in [0.15, 0.2) is 23.4 Å². The molecule has 2 fully saturated rings. The topological polar surface area (TPSA) is 41.8 Å². The molecule has 3 nitrogen and oxygen atoms in total. The highest BCUT2D eigenvalue weighted by Gasteiger charge is 2.51. The van der Waals surface area contributed by atoms with E-state index in [1.54, 1.807) is 7.11 Å². The summed E-state index contributed by atoms with van der Waals surface area (Å²) in [6.45, 7) is 2.49. The molecule has 0 unspecified atom stereocenters. The second-order valence-corrected chi connectivity index (χ2v) is 7.67. The van der Waals surface area contributed by atoms with Gasteiger partial charge >= 0.3 is 0 Å². The Morgan fingerprint density at radius 2 is 2.14 bits per heavy atom. The number of methoxy groups -OCH3 is 1. The Labute approximate surface area is 132 Å². The predicted molar refractivity (Wildman–Crippen MR) is 86.8 cm³/mol. The van der Waals surface area contributed by atoms with Gasteiger partial charge in [0.15, 0.2) is 0 Å². The van der Waals surface area contributed by atoms with E-state index in [1.807, 2.05) is 6.07 Å². The van der Waals surface area contributed by atoms with Crippen molar-refractivity contribution in [2.24, 2.45) is 22.4 Å². The zero-order valence-electron chi connectivity index (χ0n) is 13.5. The summed E-state index contributed by atoms with van der Waals surface area (Å²) in [5.41, 5.74) is 3.85. The van der Waals surface area contributed by atoms with E-state index >= 15 is 0 Å². The second-order valence-electron chi connectivity index (χ2n) is 7.67. The summed E-state index contributed by atoms with van der Waals surface area (Å²) in [6, 6.07) is 6.30. The Morgan fingerprint density at radius 3 is 2.91 bits per heavy atom. The standard InChI is InChI=1S/C19H25NO2/c1-19-8-3-4-17(19)15-11-18(20-21)16-10-12(22-2)5-6-13(16)14(15)7-9-19/h5-6,10,14-15,17,21H,3-4,7-9,11H2,1-2H3/b20-18+/t14-,15-,17+,19+/m1/s1. The van der Waals surface area contributed by atoms with Crippen LogP contribution in [-0.2, 0) is 0 Å². The first-order chi connectivity index (χ1) is 10.7. The van der Waals surface area contributed by atoms with Crippen LogP contribution in [0.5, 0.6) is 5.75 Å². The van der Waals surface area contributed by atoms with E-state index in [0.29, 0.717) is 17.3 Å². The summed E-state index contributed by atoms with van der Waals surface area (Å²) in [7, 11) is 1.69. The molecule has 0 aromatic heterocycles. The molecule has 1 N–H and O–H groups in total. The first kappa shape index (κ1) is 14.1. The van der Waals surface area contributed by atoms with Crippen molar-refractivity contribution in [1.29, 1.82) is 0 Å². The van der Waals surface area contributed by atoms with Gasteiger partial charge in [-0.15, -0.1) is 0 Å². The Balaban J connectivity index is 1.78. The van der Waals surface area contributed by atoms with Crippen molar-refractivity contribution in [1.82, 2.24) is 0 Å². The molecule has 1 aromatic rings. The van der Waals surface area contributed by atoms with Gasteiger partial charge in [0.2, 0.25) is 0 Å². The lowest BCUT2D eigenvalue weighted by Crippen LogP contribution is -2.41. The zero-order valence-corrected chi connectivity index (χ0v) is 13.5. The lowest BCUT2D eigenvalue weighted by Gasteiger charge is -2.49. The average molecular weight is 299 g/mol. The van der Waals surface area contributed by atoms with E-state index < -0.39 is 0 Å². The normalized spacial score (nSPS) is 38.3. The maximum Gasteiger partial charge on any atom is 0.119 e. The number of ether oxygens (including phenoxy) is 1. The fourth-order valence-electron chi connectivity index (χ4n) is 5.61. The van der Waals surface area contributed by atoms with Crippen LogP contribution in [-0.4, -0.2) is 18.0 Å². The second kappa shape index (κ2) is 5.00. The van der Waals surface area contributed by atoms with Crippen molar-refractivity contribution in [3.05, 3.63) is 29.3 Å². The minimum atomic E-state index is 0.520. The molecule has 4 rings (SSSR count). The molecule has 0 heterocycles. The van der Waals surface area contributed by atoms with Gasteiger partial charge in [-0.1, -0.05) is 24.6 Å². The van der Waals surface area contributed by atoms with Crippen LogP contribution >= 0.6 is 0 Å². The van der Waals surface area contributed by atoms with Crippen LogP contribution in [0.25, 0.3) is 0 Å². The summed E-state index contributed by atoms with van der Waals surface area (Å²) >= 11 is 0. The Bertz CT molecular complexity index is 624. The molecule has 0 bridgehead atoms. The monoisotopic (exact) mass is 299 g/mol. The van der Waals surface area contributed by atoms with E-state index in [1.165, 1.54) is 37.7 Å². The highest BCUT2D eigenvalue weighted by Crippen LogP contribution is 2.60. The SMILES string of the molecule is COc1ccc2c(c1)/C(=N/O)C[C@@H]1[C@@H]2CC[C@]2(C)CCC[C@@H]12. The molecular weight excluding hydrogens is 274 g/mol. The number of hydrogen-bond acceptors (Lipinski definition) is 3. The third-order valence-electron chi connectivity index (χ3n) is 6.74. The van der Waals surface area contributed by atoms with E-state index in [2.05, 4.69) is 24.2 Å². The summed E-state index contributed by atoms with van der Waals surface area (Å²) in [6.07, 6.45) is 7.63. The molecule has 0 spiro atoms. The zero-order chi connectivity index (χ0) is 15.3. The van der Waals surface area contributed by atoms with Crippen LogP contribution in [0.4, 0.5) is 0 Å². The third kappa shape index (κ3) is 1.90. The van der Waals surface area contributed by atoms with Crippen LogP contribution in [0.1, 0.15) is 62.5 Å². The average Bonchev–Trinajstić information content (AvgIpc) is 2.95. The molecule has 3 aliphatic rings. The summed E-state index contributed by atoms with van der Waals surface area (Å²) in [5.74, 6) is 2.91. The molecule has 3 aliphatic carbocycles. The van der Waals surface area contributed by atoms with Crippen molar-refractivity contribution in [3.8, 4) is 5.75 Å². The Kier molecular flexibility index (Phi) is 3.21. The van der Waals surface area contributed by atoms with Crippen molar-refractivity contribution < 1.29 is 9.94 Å². The molecular formula is C19H25NO2. The van der Waals surface area contributed by atoms with Gasteiger partial charge in [-0.3, -0.25) is 0 Å². The minimum Gasteiger partial charge on any atom is -0.497 e. The Morgan fingerprint density at radius 1 is 1.27 bits per heavy atom. The lowest BCUT2D eigenvalue weighted by atomic mass is 9.55. The first-order valence-electron chi connectivity index (χ1n) is 8.55. The molecule has 0 aliphatic heterocycles. The molecule has 4 atom stereocenters. The number of benzene rings is 1. The van der Waals surface area contributed by atoms with Crippen LogP contribution in [0.3, 0.4) is 0 Å². The van der Waals surface area contributed by atoms with Gasteiger partial charge < -0.3 is 9.94 Å². The molecule has 3 heteroatoms. The number of oxime groups is 1. The fraction of sp³-hybridized carbons (Fsp3) is 0.632. The molecule has 0 radical (unpaired) electrons. The molecule has 0 saturated heterocycles. The summed E-state index contributed by atoms with van der Waals surface area (Å²) < 4.78 is 5.36. The fourth-order valence-corrected chi connectivity index (χ4v) is 5.61. The van der Waals surface area contributed by atoms with Gasteiger partial charge in [-0.05, 0) is 73.0 Å². The third-order valence-corrected chi connectivity index (χ3v) is 6.74. The van der Waals surface area contributed by atoms with Crippen LogP contribution < -0.4 is 4.74 Å². The molecule has 1 aromatic carbocycles.